The molecule has 0 unspecified atom stereocenters. The van der Waals surface area contributed by atoms with Crippen molar-refractivity contribution in [1.82, 2.24) is 0 Å². The number of benzene rings is 3. The normalized spacial score (nSPS) is 25.9. The third-order valence-corrected chi connectivity index (χ3v) is 15.6. The monoisotopic (exact) mass is 452 g/mol. The molecule has 0 atom stereocenters. The Labute approximate surface area is 158 Å². The Bertz CT molecular complexity index is 894. The summed E-state index contributed by atoms with van der Waals surface area (Å²) < 4.78 is 0.0229. The molecule has 3 aliphatic rings. The summed E-state index contributed by atoms with van der Waals surface area (Å²) in [6.45, 7) is 0. The minimum absolute atomic E-state index is 0.0229. The number of hydrogen-bond donors (Lipinski definition) is 0. The maximum atomic E-state index is 7.52. The third-order valence-electron chi connectivity index (χ3n) is 6.23. The molecule has 0 aromatic heterocycles. The van der Waals surface area contributed by atoms with Crippen molar-refractivity contribution >= 4 is 30.0 Å². The molecule has 0 aliphatic heterocycles. The molecule has 0 spiro atoms. The molecule has 3 aromatic rings. The molecule has 124 valence electrons. The van der Waals surface area contributed by atoms with Gasteiger partial charge in [0.05, 0.1) is 0 Å². The number of alkyl halides is 1. The van der Waals surface area contributed by atoms with Gasteiger partial charge in [0, 0.05) is 0 Å². The first-order chi connectivity index (χ1) is 11.9. The van der Waals surface area contributed by atoms with E-state index in [2.05, 4.69) is 87.6 Å². The molecule has 6 rings (SSSR count). The zero-order chi connectivity index (χ0) is 17.4. The predicted molar refractivity (Wildman–Crippen MR) is 108 cm³/mol. The van der Waals surface area contributed by atoms with Crippen molar-refractivity contribution in [2.45, 2.75) is 23.1 Å². The van der Waals surface area contributed by atoms with Gasteiger partial charge < -0.3 is 0 Å². The molecule has 0 nitrogen and oxygen atoms in total. The van der Waals surface area contributed by atoms with E-state index in [0.29, 0.717) is 0 Å². The topological polar surface area (TPSA) is 0 Å². The molecule has 3 aliphatic carbocycles. The maximum absolute atomic E-state index is 7.52. The second-order valence-corrected chi connectivity index (χ2v) is 23.8. The molecule has 2 bridgehead atoms. The standard InChI is InChI=1S/C20H12Cl.3CH3.Sn/c21-20-16-10-4-1-7-13(16)19(14-8-2-5-11-17(14)20)15-9-3-6-12-18(15)20;;;;/h1-12H;3*1H3;. The van der Waals surface area contributed by atoms with Crippen LogP contribution in [0.15, 0.2) is 72.8 Å². The van der Waals surface area contributed by atoms with Crippen molar-refractivity contribution in [2.75, 3.05) is 0 Å². The van der Waals surface area contributed by atoms with Crippen LogP contribution < -0.4 is 0 Å². The van der Waals surface area contributed by atoms with Crippen molar-refractivity contribution in [1.29, 1.82) is 0 Å². The number of rotatable bonds is 1. The average molecular weight is 452 g/mol. The van der Waals surface area contributed by atoms with Gasteiger partial charge in [0.1, 0.15) is 0 Å². The first-order valence-electron chi connectivity index (χ1n) is 8.92. The van der Waals surface area contributed by atoms with E-state index in [-0.39, 0.29) is 3.43 Å². The fourth-order valence-corrected chi connectivity index (χ4v) is 14.7. The molecule has 0 fully saturated rings. The van der Waals surface area contributed by atoms with E-state index in [1.807, 2.05) is 0 Å². The molecule has 0 heterocycles. The van der Waals surface area contributed by atoms with Gasteiger partial charge in [-0.2, -0.15) is 0 Å². The summed E-state index contributed by atoms with van der Waals surface area (Å²) in [5, 5.41) is 0. The van der Waals surface area contributed by atoms with Crippen LogP contribution >= 0.6 is 11.6 Å². The van der Waals surface area contributed by atoms with Gasteiger partial charge in [0.15, 0.2) is 0 Å². The summed E-state index contributed by atoms with van der Waals surface area (Å²) in [6.07, 6.45) is 0. The van der Waals surface area contributed by atoms with Crippen LogP contribution in [0.1, 0.15) is 33.4 Å². The summed E-state index contributed by atoms with van der Waals surface area (Å²) in [5.74, 6) is 0. The van der Waals surface area contributed by atoms with Gasteiger partial charge in [-0.05, 0) is 0 Å². The van der Waals surface area contributed by atoms with Gasteiger partial charge in [0.25, 0.3) is 0 Å². The van der Waals surface area contributed by atoms with Crippen LogP contribution in [-0.2, 0) is 8.31 Å². The van der Waals surface area contributed by atoms with Crippen LogP contribution in [0, 0.1) is 0 Å². The summed E-state index contributed by atoms with van der Waals surface area (Å²) in [7, 11) is 0. The second kappa shape index (κ2) is 4.92. The van der Waals surface area contributed by atoms with Gasteiger partial charge in [-0.15, -0.1) is 0 Å². The van der Waals surface area contributed by atoms with Crippen LogP contribution in [0.5, 0.6) is 0 Å². The van der Waals surface area contributed by atoms with E-state index in [0.717, 1.165) is 0 Å². The van der Waals surface area contributed by atoms with Gasteiger partial charge in [0.2, 0.25) is 0 Å². The number of hydrogen-bond acceptors (Lipinski definition) is 0. The first kappa shape index (κ1) is 16.0. The van der Waals surface area contributed by atoms with Gasteiger partial charge in [-0.25, -0.2) is 0 Å². The molecule has 25 heavy (non-hydrogen) atoms. The zero-order valence-electron chi connectivity index (χ0n) is 14.8. The Hall–Kier alpha value is -1.25. The summed E-state index contributed by atoms with van der Waals surface area (Å²) in [4.78, 5) is 7.12. The van der Waals surface area contributed by atoms with Crippen LogP contribution in [0.4, 0.5) is 0 Å². The van der Waals surface area contributed by atoms with Crippen LogP contribution in [0.3, 0.4) is 0 Å². The van der Waals surface area contributed by atoms with Gasteiger partial charge >= 0.3 is 159 Å². The van der Waals surface area contributed by atoms with Crippen LogP contribution in [-0.4, -0.2) is 18.4 Å². The van der Waals surface area contributed by atoms with E-state index in [1.165, 1.54) is 33.4 Å². The Morgan fingerprint density at radius 1 is 0.560 bits per heavy atom. The molecule has 0 N–H and O–H groups in total. The molecule has 0 saturated carbocycles. The van der Waals surface area contributed by atoms with Crippen molar-refractivity contribution < 1.29 is 0 Å². The van der Waals surface area contributed by atoms with E-state index in [1.54, 1.807) is 0 Å². The average Bonchev–Trinajstić information content (AvgIpc) is 2.62. The van der Waals surface area contributed by atoms with E-state index in [4.69, 9.17) is 11.6 Å². The molecule has 3 aromatic carbocycles. The second-order valence-electron chi connectivity index (χ2n) is 8.30. The Balaban J connectivity index is 2.09. The molecular weight excluding hydrogens is 430 g/mol. The number of halogens is 1. The van der Waals surface area contributed by atoms with E-state index in [9.17, 15) is 0 Å². The zero-order valence-corrected chi connectivity index (χ0v) is 18.4. The molecule has 0 amide bonds. The minimum atomic E-state index is -2.60. The van der Waals surface area contributed by atoms with Crippen molar-refractivity contribution in [3.05, 3.63) is 106 Å². The Kier molecular flexibility index (Phi) is 3.14. The Morgan fingerprint density at radius 2 is 0.840 bits per heavy atom. The molecule has 0 radical (unpaired) electrons. The summed E-state index contributed by atoms with van der Waals surface area (Å²) in [5.41, 5.74) is 8.23. The van der Waals surface area contributed by atoms with Crippen molar-refractivity contribution in [3.8, 4) is 0 Å². The quantitative estimate of drug-likeness (QED) is 0.312. The molecule has 0 saturated heterocycles. The Morgan fingerprint density at radius 3 is 1.12 bits per heavy atom. The SMILES string of the molecule is [CH3][Sn]([CH3])([CH3])[C]12c3ccccc3C(Cl)(c3ccccc31)c1ccccc12. The fraction of sp³-hybridized carbons (Fsp3) is 0.217. The first-order valence-corrected chi connectivity index (χ1v) is 19.3. The van der Waals surface area contributed by atoms with Crippen molar-refractivity contribution in [2.24, 2.45) is 0 Å². The van der Waals surface area contributed by atoms with Crippen LogP contribution in [0.2, 0.25) is 14.8 Å². The van der Waals surface area contributed by atoms with Gasteiger partial charge in [-0.1, -0.05) is 0 Å². The van der Waals surface area contributed by atoms with Crippen LogP contribution in [0.25, 0.3) is 0 Å². The van der Waals surface area contributed by atoms with Crippen molar-refractivity contribution in [3.63, 3.8) is 0 Å². The van der Waals surface area contributed by atoms with Gasteiger partial charge in [-0.3, -0.25) is 0 Å². The fourth-order valence-electron chi connectivity index (χ4n) is 5.41. The predicted octanol–water partition coefficient (Wildman–Crippen LogP) is 6.06. The summed E-state index contributed by atoms with van der Waals surface area (Å²) in [6, 6.07) is 26.7. The molecule has 2 heteroatoms. The van der Waals surface area contributed by atoms with E-state index < -0.39 is 23.3 Å². The summed E-state index contributed by atoms with van der Waals surface area (Å²) >= 11 is 4.93. The van der Waals surface area contributed by atoms with E-state index >= 15 is 0 Å². The third kappa shape index (κ3) is 1.66. The molecular formula is C23H21ClSn.